The fraction of sp³-hybridized carbons (Fsp3) is 0.364. The molecule has 1 aromatic carbocycles. The Morgan fingerprint density at radius 3 is 2.06 bits per heavy atom. The highest BCUT2D eigenvalue weighted by Gasteiger charge is 2.32. The van der Waals surface area contributed by atoms with Gasteiger partial charge >= 0.3 is 0 Å². The highest BCUT2D eigenvalue weighted by atomic mass is 16.3. The van der Waals surface area contributed by atoms with Crippen molar-refractivity contribution >= 4 is 17.3 Å². The lowest BCUT2D eigenvalue weighted by atomic mass is 10.1. The van der Waals surface area contributed by atoms with E-state index in [4.69, 9.17) is 11.5 Å². The zero-order valence-corrected chi connectivity index (χ0v) is 9.21. The number of amides is 1. The number of likely N-dealkylation sites (tertiary alicyclic amines) is 1. The number of nitrogen functional groups attached to an aromatic ring is 2. The summed E-state index contributed by atoms with van der Waals surface area (Å²) in [5, 5.41) is 18.8. The van der Waals surface area contributed by atoms with Crippen LogP contribution in [0.5, 0.6) is 0 Å². The maximum Gasteiger partial charge on any atom is 0.254 e. The highest BCUT2D eigenvalue weighted by molar-refractivity contribution is 5.96. The SMILES string of the molecule is Nc1cc(N)cc(C(=O)N2CC(O)C(O)C2)c1. The fourth-order valence-electron chi connectivity index (χ4n) is 1.92. The molecule has 0 bridgehead atoms. The lowest BCUT2D eigenvalue weighted by Crippen LogP contribution is -2.29. The molecule has 1 fully saturated rings. The summed E-state index contributed by atoms with van der Waals surface area (Å²) in [4.78, 5) is 13.4. The van der Waals surface area contributed by atoms with Crippen molar-refractivity contribution < 1.29 is 15.0 Å². The Labute approximate surface area is 98.4 Å². The van der Waals surface area contributed by atoms with Crippen LogP contribution in [0.15, 0.2) is 18.2 Å². The molecule has 0 aliphatic carbocycles. The summed E-state index contributed by atoms with van der Waals surface area (Å²) in [5.41, 5.74) is 12.4. The van der Waals surface area contributed by atoms with Gasteiger partial charge in [0.05, 0.1) is 12.2 Å². The summed E-state index contributed by atoms with van der Waals surface area (Å²) >= 11 is 0. The molecule has 6 N–H and O–H groups in total. The number of carbonyl (C=O) groups excluding carboxylic acids is 1. The van der Waals surface area contributed by atoms with Crippen LogP contribution in [-0.2, 0) is 0 Å². The van der Waals surface area contributed by atoms with Gasteiger partial charge in [-0.2, -0.15) is 0 Å². The Bertz CT molecular complexity index is 419. The smallest absolute Gasteiger partial charge is 0.254 e. The third-order valence-electron chi connectivity index (χ3n) is 2.77. The predicted molar refractivity (Wildman–Crippen MR) is 63.2 cm³/mol. The molecule has 2 unspecified atom stereocenters. The van der Waals surface area contributed by atoms with E-state index in [0.29, 0.717) is 16.9 Å². The largest absolute Gasteiger partial charge is 0.399 e. The molecule has 92 valence electrons. The van der Waals surface area contributed by atoms with Crippen LogP contribution in [0.4, 0.5) is 11.4 Å². The van der Waals surface area contributed by atoms with Crippen molar-refractivity contribution in [3.05, 3.63) is 23.8 Å². The van der Waals surface area contributed by atoms with Crippen molar-refractivity contribution in [2.24, 2.45) is 0 Å². The van der Waals surface area contributed by atoms with Gasteiger partial charge in [-0.25, -0.2) is 0 Å². The zero-order chi connectivity index (χ0) is 12.6. The second-order valence-corrected chi connectivity index (χ2v) is 4.23. The molecule has 6 nitrogen and oxygen atoms in total. The van der Waals surface area contributed by atoms with Crippen LogP contribution in [0, 0.1) is 0 Å². The van der Waals surface area contributed by atoms with Gasteiger partial charge < -0.3 is 26.6 Å². The molecular formula is C11H15N3O3. The molecule has 17 heavy (non-hydrogen) atoms. The van der Waals surface area contributed by atoms with Crippen LogP contribution in [-0.4, -0.2) is 46.3 Å². The quantitative estimate of drug-likeness (QED) is 0.469. The van der Waals surface area contributed by atoms with Crippen molar-refractivity contribution in [3.63, 3.8) is 0 Å². The van der Waals surface area contributed by atoms with E-state index in [1.165, 1.54) is 17.0 Å². The molecule has 1 amide bonds. The number of aliphatic hydroxyl groups excluding tert-OH is 2. The van der Waals surface area contributed by atoms with Gasteiger partial charge in [-0.15, -0.1) is 0 Å². The van der Waals surface area contributed by atoms with Crippen LogP contribution in [0.25, 0.3) is 0 Å². The number of benzene rings is 1. The molecule has 1 aromatic rings. The number of carbonyl (C=O) groups is 1. The Morgan fingerprint density at radius 2 is 1.59 bits per heavy atom. The summed E-state index contributed by atoms with van der Waals surface area (Å²) < 4.78 is 0. The van der Waals surface area contributed by atoms with Crippen molar-refractivity contribution in [2.45, 2.75) is 12.2 Å². The molecule has 2 rings (SSSR count). The van der Waals surface area contributed by atoms with E-state index in [9.17, 15) is 15.0 Å². The minimum atomic E-state index is -0.891. The van der Waals surface area contributed by atoms with Gasteiger partial charge in [0.2, 0.25) is 0 Å². The number of aliphatic hydroxyl groups is 2. The first-order valence-corrected chi connectivity index (χ1v) is 5.29. The van der Waals surface area contributed by atoms with E-state index in [0.717, 1.165) is 0 Å². The molecule has 1 heterocycles. The highest BCUT2D eigenvalue weighted by Crippen LogP contribution is 2.18. The Balaban J connectivity index is 2.20. The maximum atomic E-state index is 12.0. The standard InChI is InChI=1S/C11H15N3O3/c12-7-1-6(2-8(13)3-7)11(17)14-4-9(15)10(16)5-14/h1-3,9-10,15-16H,4-5,12-13H2. The van der Waals surface area contributed by atoms with Crippen molar-refractivity contribution in [1.29, 1.82) is 0 Å². The van der Waals surface area contributed by atoms with E-state index >= 15 is 0 Å². The zero-order valence-electron chi connectivity index (χ0n) is 9.21. The Hall–Kier alpha value is -1.79. The maximum absolute atomic E-state index is 12.0. The van der Waals surface area contributed by atoms with Gasteiger partial charge in [0.15, 0.2) is 0 Å². The third-order valence-corrected chi connectivity index (χ3v) is 2.77. The monoisotopic (exact) mass is 237 g/mol. The predicted octanol–water partition coefficient (Wildman–Crippen LogP) is -0.971. The summed E-state index contributed by atoms with van der Waals surface area (Å²) in [7, 11) is 0. The van der Waals surface area contributed by atoms with E-state index in [1.807, 2.05) is 0 Å². The number of anilines is 2. The van der Waals surface area contributed by atoms with Crippen LogP contribution in [0.3, 0.4) is 0 Å². The van der Waals surface area contributed by atoms with Gasteiger partial charge in [0, 0.05) is 30.0 Å². The van der Waals surface area contributed by atoms with Gasteiger partial charge in [-0.05, 0) is 18.2 Å². The Kier molecular flexibility index (Phi) is 2.91. The third kappa shape index (κ3) is 2.32. The van der Waals surface area contributed by atoms with Gasteiger partial charge in [0.25, 0.3) is 5.91 Å². The van der Waals surface area contributed by atoms with Crippen LogP contribution in [0.2, 0.25) is 0 Å². The molecule has 2 atom stereocenters. The number of nitrogens with two attached hydrogens (primary N) is 2. The number of hydrogen-bond donors (Lipinski definition) is 4. The average molecular weight is 237 g/mol. The summed E-state index contributed by atoms with van der Waals surface area (Å²) in [6, 6.07) is 4.61. The van der Waals surface area contributed by atoms with Crippen molar-refractivity contribution in [1.82, 2.24) is 4.90 Å². The number of β-amino-alcohol motifs (C(OH)–C–C–N with tert-alkyl or cyclic N) is 2. The van der Waals surface area contributed by atoms with E-state index in [1.54, 1.807) is 6.07 Å². The molecule has 1 aliphatic heterocycles. The number of hydrogen-bond acceptors (Lipinski definition) is 5. The van der Waals surface area contributed by atoms with Crippen molar-refractivity contribution in [2.75, 3.05) is 24.6 Å². The first-order valence-electron chi connectivity index (χ1n) is 5.29. The topological polar surface area (TPSA) is 113 Å². The van der Waals surface area contributed by atoms with Gasteiger partial charge in [0.1, 0.15) is 0 Å². The summed E-state index contributed by atoms with van der Waals surface area (Å²) in [5.74, 6) is -0.292. The molecule has 6 heteroatoms. The summed E-state index contributed by atoms with van der Waals surface area (Å²) in [6.45, 7) is 0.239. The normalized spacial score (nSPS) is 24.0. The minimum absolute atomic E-state index is 0.120. The Morgan fingerprint density at radius 1 is 1.12 bits per heavy atom. The van der Waals surface area contributed by atoms with Crippen LogP contribution < -0.4 is 11.5 Å². The lowest BCUT2D eigenvalue weighted by molar-refractivity contribution is 0.0572. The molecule has 0 aromatic heterocycles. The molecular weight excluding hydrogens is 222 g/mol. The van der Waals surface area contributed by atoms with E-state index in [2.05, 4.69) is 0 Å². The minimum Gasteiger partial charge on any atom is -0.399 e. The first-order chi connectivity index (χ1) is 7.97. The van der Waals surface area contributed by atoms with Crippen molar-refractivity contribution in [3.8, 4) is 0 Å². The molecule has 0 radical (unpaired) electrons. The van der Waals surface area contributed by atoms with Crippen LogP contribution in [0.1, 0.15) is 10.4 Å². The average Bonchev–Trinajstić information content (AvgIpc) is 2.57. The van der Waals surface area contributed by atoms with Crippen LogP contribution >= 0.6 is 0 Å². The number of nitrogens with zero attached hydrogens (tertiary/aromatic N) is 1. The van der Waals surface area contributed by atoms with Gasteiger partial charge in [-0.3, -0.25) is 4.79 Å². The lowest BCUT2D eigenvalue weighted by Gasteiger charge is -2.15. The molecule has 0 saturated carbocycles. The first kappa shape index (κ1) is 11.7. The van der Waals surface area contributed by atoms with E-state index < -0.39 is 12.2 Å². The molecule has 1 saturated heterocycles. The second kappa shape index (κ2) is 4.23. The molecule has 0 spiro atoms. The fourth-order valence-corrected chi connectivity index (χ4v) is 1.92. The second-order valence-electron chi connectivity index (χ2n) is 4.23. The van der Waals surface area contributed by atoms with E-state index in [-0.39, 0.29) is 19.0 Å². The summed E-state index contributed by atoms with van der Waals surface area (Å²) in [6.07, 6.45) is -1.78. The van der Waals surface area contributed by atoms with Gasteiger partial charge in [-0.1, -0.05) is 0 Å². The number of rotatable bonds is 1. The molecule has 1 aliphatic rings.